The number of halogens is 3. The van der Waals surface area contributed by atoms with Crippen molar-refractivity contribution in [2.45, 2.75) is 6.18 Å². The van der Waals surface area contributed by atoms with Crippen molar-refractivity contribution in [3.63, 3.8) is 0 Å². The van der Waals surface area contributed by atoms with Gasteiger partial charge in [0.15, 0.2) is 0 Å². The molecule has 7 heteroatoms. The number of para-hydroxylation sites is 2. The van der Waals surface area contributed by atoms with E-state index < -0.39 is 11.7 Å². The third-order valence-electron chi connectivity index (χ3n) is 4.67. The Labute approximate surface area is 161 Å². The average Bonchev–Trinajstić information content (AvgIpc) is 2.71. The van der Waals surface area contributed by atoms with Crippen LogP contribution < -0.4 is 9.64 Å². The first-order chi connectivity index (χ1) is 13.4. The normalized spacial score (nSPS) is 15.1. The van der Waals surface area contributed by atoms with Gasteiger partial charge < -0.3 is 14.5 Å². The molecule has 28 heavy (non-hydrogen) atoms. The molecular weight excluding hydrogens is 369 g/mol. The highest BCUT2D eigenvalue weighted by molar-refractivity contribution is 5.92. The van der Waals surface area contributed by atoms with Crippen molar-refractivity contribution in [2.24, 2.45) is 0 Å². The maximum absolute atomic E-state index is 12.6. The predicted molar refractivity (Wildman–Crippen MR) is 102 cm³/mol. The van der Waals surface area contributed by atoms with Gasteiger partial charge in [-0.2, -0.15) is 13.2 Å². The zero-order chi connectivity index (χ0) is 20.1. The number of carbonyl (C=O) groups excluding carboxylic acids is 1. The van der Waals surface area contributed by atoms with Gasteiger partial charge in [0.2, 0.25) is 5.91 Å². The van der Waals surface area contributed by atoms with Crippen molar-refractivity contribution in [2.75, 3.05) is 38.2 Å². The van der Waals surface area contributed by atoms with E-state index in [1.54, 1.807) is 12.0 Å². The minimum atomic E-state index is -4.36. The highest BCUT2D eigenvalue weighted by atomic mass is 19.4. The second-order valence-electron chi connectivity index (χ2n) is 6.44. The first kappa shape index (κ1) is 19.8. The Morgan fingerprint density at radius 3 is 2.25 bits per heavy atom. The van der Waals surface area contributed by atoms with E-state index in [-0.39, 0.29) is 5.91 Å². The Balaban J connectivity index is 1.57. The largest absolute Gasteiger partial charge is 0.495 e. The summed E-state index contributed by atoms with van der Waals surface area (Å²) in [7, 11) is 1.63. The van der Waals surface area contributed by atoms with Crippen LogP contribution in [0.15, 0.2) is 54.6 Å². The Kier molecular flexibility index (Phi) is 5.92. The number of nitrogens with zero attached hydrogens (tertiary/aromatic N) is 2. The van der Waals surface area contributed by atoms with Crippen LogP contribution in [-0.4, -0.2) is 44.1 Å². The molecule has 4 nitrogen and oxygen atoms in total. The molecule has 0 unspecified atom stereocenters. The summed E-state index contributed by atoms with van der Waals surface area (Å²) in [6, 6.07) is 12.5. The van der Waals surface area contributed by atoms with E-state index >= 15 is 0 Å². The minimum absolute atomic E-state index is 0.153. The molecule has 1 heterocycles. The second kappa shape index (κ2) is 8.37. The van der Waals surface area contributed by atoms with Crippen LogP contribution in [0.5, 0.6) is 5.75 Å². The summed E-state index contributed by atoms with van der Waals surface area (Å²) in [5.41, 5.74) is 0.842. The number of carbonyl (C=O) groups is 1. The standard InChI is InChI=1S/C21H21F3N2O2/c1-28-19-5-3-2-4-18(19)25-12-14-26(15-13-25)20(27)11-8-16-6-9-17(10-7-16)21(22,23)24/h2-11H,12-15H2,1H3/b11-8+. The van der Waals surface area contributed by atoms with Gasteiger partial charge in [0.25, 0.3) is 0 Å². The van der Waals surface area contributed by atoms with Crippen molar-refractivity contribution >= 4 is 17.7 Å². The van der Waals surface area contributed by atoms with Crippen molar-refractivity contribution in [3.8, 4) is 5.75 Å². The third-order valence-corrected chi connectivity index (χ3v) is 4.67. The van der Waals surface area contributed by atoms with Gasteiger partial charge in [-0.15, -0.1) is 0 Å². The number of hydrogen-bond acceptors (Lipinski definition) is 3. The summed E-state index contributed by atoms with van der Waals surface area (Å²) in [4.78, 5) is 16.3. The summed E-state index contributed by atoms with van der Waals surface area (Å²) in [6.45, 7) is 2.49. The Morgan fingerprint density at radius 2 is 1.64 bits per heavy atom. The topological polar surface area (TPSA) is 32.8 Å². The van der Waals surface area contributed by atoms with Gasteiger partial charge >= 0.3 is 6.18 Å². The van der Waals surface area contributed by atoms with E-state index in [1.165, 1.54) is 24.3 Å². The van der Waals surface area contributed by atoms with Crippen LogP contribution in [0.25, 0.3) is 6.08 Å². The van der Waals surface area contributed by atoms with Crippen molar-refractivity contribution in [1.82, 2.24) is 4.90 Å². The maximum atomic E-state index is 12.6. The summed E-state index contributed by atoms with van der Waals surface area (Å²) < 4.78 is 43.1. The van der Waals surface area contributed by atoms with Gasteiger partial charge in [0.05, 0.1) is 18.4 Å². The molecule has 148 valence electrons. The predicted octanol–water partition coefficient (Wildman–Crippen LogP) is 4.08. The molecule has 0 N–H and O–H groups in total. The van der Waals surface area contributed by atoms with Gasteiger partial charge in [-0.1, -0.05) is 24.3 Å². The lowest BCUT2D eigenvalue weighted by Crippen LogP contribution is -2.48. The lowest BCUT2D eigenvalue weighted by atomic mass is 10.1. The molecule has 2 aromatic rings. The van der Waals surface area contributed by atoms with Gasteiger partial charge in [-0.25, -0.2) is 0 Å². The van der Waals surface area contributed by atoms with Crippen LogP contribution in [0.2, 0.25) is 0 Å². The second-order valence-corrected chi connectivity index (χ2v) is 6.44. The number of benzene rings is 2. The first-order valence-electron chi connectivity index (χ1n) is 8.90. The van der Waals surface area contributed by atoms with E-state index in [0.29, 0.717) is 31.7 Å². The van der Waals surface area contributed by atoms with Crippen LogP contribution in [-0.2, 0) is 11.0 Å². The van der Waals surface area contributed by atoms with E-state index in [1.807, 2.05) is 24.3 Å². The number of rotatable bonds is 4. The summed E-state index contributed by atoms with van der Waals surface area (Å²) in [5, 5.41) is 0. The lowest BCUT2D eigenvalue weighted by molar-refractivity contribution is -0.137. The number of piperazine rings is 1. The molecule has 0 radical (unpaired) electrons. The van der Waals surface area contributed by atoms with Crippen molar-refractivity contribution in [3.05, 3.63) is 65.7 Å². The molecular formula is C21H21F3N2O2. The molecule has 1 aliphatic heterocycles. The highest BCUT2D eigenvalue weighted by Crippen LogP contribution is 2.30. The smallest absolute Gasteiger partial charge is 0.416 e. The zero-order valence-electron chi connectivity index (χ0n) is 15.4. The van der Waals surface area contributed by atoms with E-state index in [0.717, 1.165) is 23.6 Å². The molecule has 1 aliphatic rings. The quantitative estimate of drug-likeness (QED) is 0.738. The van der Waals surface area contributed by atoms with E-state index in [4.69, 9.17) is 4.74 Å². The van der Waals surface area contributed by atoms with Crippen LogP contribution in [0, 0.1) is 0 Å². The van der Waals surface area contributed by atoms with E-state index in [9.17, 15) is 18.0 Å². The van der Waals surface area contributed by atoms with E-state index in [2.05, 4.69) is 4.90 Å². The number of hydrogen-bond donors (Lipinski definition) is 0. The number of amides is 1. The fourth-order valence-electron chi connectivity index (χ4n) is 3.11. The number of ether oxygens (including phenoxy) is 1. The van der Waals surface area contributed by atoms with Gasteiger partial charge in [-0.3, -0.25) is 4.79 Å². The van der Waals surface area contributed by atoms with Gasteiger partial charge in [0, 0.05) is 32.3 Å². The monoisotopic (exact) mass is 390 g/mol. The summed E-state index contributed by atoms with van der Waals surface area (Å²) >= 11 is 0. The fraction of sp³-hybridized carbons (Fsp3) is 0.286. The molecule has 3 rings (SSSR count). The third kappa shape index (κ3) is 4.65. The highest BCUT2D eigenvalue weighted by Gasteiger charge is 2.29. The number of alkyl halides is 3. The van der Waals surface area contributed by atoms with Gasteiger partial charge in [0.1, 0.15) is 5.75 Å². The van der Waals surface area contributed by atoms with Crippen molar-refractivity contribution in [1.29, 1.82) is 0 Å². The average molecular weight is 390 g/mol. The van der Waals surface area contributed by atoms with Crippen LogP contribution in [0.3, 0.4) is 0 Å². The Morgan fingerprint density at radius 1 is 1.00 bits per heavy atom. The molecule has 1 saturated heterocycles. The molecule has 0 bridgehead atoms. The molecule has 0 aliphatic carbocycles. The van der Waals surface area contributed by atoms with Crippen LogP contribution >= 0.6 is 0 Å². The lowest BCUT2D eigenvalue weighted by Gasteiger charge is -2.36. The zero-order valence-corrected chi connectivity index (χ0v) is 15.4. The minimum Gasteiger partial charge on any atom is -0.495 e. The Bertz CT molecular complexity index is 839. The Hall–Kier alpha value is -2.96. The number of anilines is 1. The number of methoxy groups -OCH3 is 1. The molecule has 0 spiro atoms. The molecule has 1 amide bonds. The molecule has 0 atom stereocenters. The molecule has 2 aromatic carbocycles. The SMILES string of the molecule is COc1ccccc1N1CCN(C(=O)/C=C/c2ccc(C(F)(F)F)cc2)CC1. The van der Waals surface area contributed by atoms with Gasteiger partial charge in [-0.05, 0) is 35.9 Å². The van der Waals surface area contributed by atoms with Crippen LogP contribution in [0.1, 0.15) is 11.1 Å². The van der Waals surface area contributed by atoms with Crippen LogP contribution in [0.4, 0.5) is 18.9 Å². The summed E-state index contributed by atoms with van der Waals surface area (Å²) in [6.07, 6.45) is -1.42. The van der Waals surface area contributed by atoms with Crippen molar-refractivity contribution < 1.29 is 22.7 Å². The summed E-state index contributed by atoms with van der Waals surface area (Å²) in [5.74, 6) is 0.643. The fourth-order valence-corrected chi connectivity index (χ4v) is 3.11. The molecule has 0 aromatic heterocycles. The molecule has 1 fully saturated rings. The first-order valence-corrected chi connectivity index (χ1v) is 8.90. The maximum Gasteiger partial charge on any atom is 0.416 e. The molecule has 0 saturated carbocycles.